The van der Waals surface area contributed by atoms with Crippen molar-refractivity contribution >= 4 is 43.1 Å². The van der Waals surface area contributed by atoms with Gasteiger partial charge in [-0.15, -0.1) is 11.3 Å². The lowest BCUT2D eigenvalue weighted by Gasteiger charge is -2.47. The van der Waals surface area contributed by atoms with Gasteiger partial charge in [-0.3, -0.25) is 4.98 Å². The number of nitriles is 1. The highest BCUT2D eigenvalue weighted by Gasteiger charge is 2.44. The van der Waals surface area contributed by atoms with Crippen molar-refractivity contribution in [1.82, 2.24) is 19.9 Å². The van der Waals surface area contributed by atoms with Crippen molar-refractivity contribution in [3.05, 3.63) is 46.9 Å². The summed E-state index contributed by atoms with van der Waals surface area (Å²) >= 11 is 0.780. The van der Waals surface area contributed by atoms with Gasteiger partial charge in [0.05, 0.1) is 15.6 Å². The number of nitrogen functional groups attached to an aromatic ring is 1. The van der Waals surface area contributed by atoms with E-state index in [2.05, 4.69) is 25.2 Å². The van der Waals surface area contributed by atoms with Crippen LogP contribution in [0.4, 0.5) is 28.4 Å². The van der Waals surface area contributed by atoms with Crippen LogP contribution < -0.4 is 15.8 Å². The van der Waals surface area contributed by atoms with Gasteiger partial charge in [0.1, 0.15) is 52.5 Å². The van der Waals surface area contributed by atoms with Crippen molar-refractivity contribution in [2.75, 3.05) is 38.3 Å². The Morgan fingerprint density at radius 2 is 1.98 bits per heavy atom. The van der Waals surface area contributed by atoms with Gasteiger partial charge in [-0.25, -0.2) is 17.6 Å². The highest BCUT2D eigenvalue weighted by molar-refractivity contribution is 7.23. The zero-order chi connectivity index (χ0) is 32.4. The number of alkyl halides is 1. The first kappa shape index (κ1) is 30.6. The van der Waals surface area contributed by atoms with Crippen LogP contribution in [0.15, 0.2) is 23.9 Å². The molecule has 3 aliphatic rings. The van der Waals surface area contributed by atoms with Crippen LogP contribution in [0.5, 0.6) is 6.01 Å². The molecule has 3 aliphatic carbocycles. The van der Waals surface area contributed by atoms with Gasteiger partial charge < -0.3 is 20.7 Å². The standard InChI is InChI=1S/C33H33F4N7OS/c1-44(2)33(9-4-10-33)15-41-30-20-14-40-27(24-21(35)11-22(36)28-23(24)19(13-38)29(39)46-28)25(37)26(20)42-31(43-30)45-16-32-8-3-5-17(32)6-7-18(34)12-32/h6,11,14,18H,3-5,7-10,12,15-16,39H2,1-2H3,(H,41,42,43)/t18-,32-/m0/s1. The summed E-state index contributed by atoms with van der Waals surface area (Å²) in [5.41, 5.74) is 5.38. The number of nitrogens with two attached hydrogens (primary N) is 1. The number of allylic oxidation sites excluding steroid dienone is 1. The lowest BCUT2D eigenvalue weighted by molar-refractivity contribution is 0.0738. The molecule has 3 N–H and O–H groups in total. The Bertz CT molecular complexity index is 1950. The average Bonchev–Trinajstić information content (AvgIpc) is 3.57. The Balaban J connectivity index is 1.35. The van der Waals surface area contributed by atoms with E-state index in [1.165, 1.54) is 11.8 Å². The van der Waals surface area contributed by atoms with Crippen molar-refractivity contribution in [1.29, 1.82) is 5.26 Å². The molecule has 1 aromatic carbocycles. The predicted octanol–water partition coefficient (Wildman–Crippen LogP) is 7.28. The summed E-state index contributed by atoms with van der Waals surface area (Å²) in [4.78, 5) is 15.5. The molecule has 7 rings (SSSR count). The van der Waals surface area contributed by atoms with Crippen molar-refractivity contribution in [2.24, 2.45) is 5.41 Å². The third kappa shape index (κ3) is 4.84. The van der Waals surface area contributed by atoms with Gasteiger partial charge in [-0.1, -0.05) is 11.6 Å². The van der Waals surface area contributed by atoms with E-state index in [0.717, 1.165) is 49.9 Å². The largest absolute Gasteiger partial charge is 0.462 e. The van der Waals surface area contributed by atoms with Gasteiger partial charge in [0.15, 0.2) is 5.82 Å². The highest BCUT2D eigenvalue weighted by atomic mass is 32.1. The second kappa shape index (κ2) is 11.3. The maximum absolute atomic E-state index is 16.6. The number of thiophene rings is 1. The Hall–Kier alpha value is -4.02. The number of anilines is 2. The third-order valence-electron chi connectivity index (χ3n) is 10.2. The molecule has 2 atom stereocenters. The maximum Gasteiger partial charge on any atom is 0.319 e. The minimum Gasteiger partial charge on any atom is -0.462 e. The number of nitrogens with one attached hydrogen (secondary N) is 1. The fraction of sp³-hybridized carbons (Fsp3) is 0.455. The van der Waals surface area contributed by atoms with Crippen molar-refractivity contribution in [3.8, 4) is 23.3 Å². The van der Waals surface area contributed by atoms with E-state index >= 15 is 8.78 Å². The van der Waals surface area contributed by atoms with Crippen LogP contribution in [-0.2, 0) is 0 Å². The molecule has 0 radical (unpaired) electrons. The number of benzene rings is 1. The summed E-state index contributed by atoms with van der Waals surface area (Å²) in [6.45, 7) is 0.653. The van der Waals surface area contributed by atoms with Crippen LogP contribution in [0.25, 0.3) is 32.2 Å². The van der Waals surface area contributed by atoms with E-state index in [9.17, 15) is 14.0 Å². The molecule has 2 saturated carbocycles. The number of hydrogen-bond donors (Lipinski definition) is 2. The molecule has 13 heteroatoms. The first-order valence-corrected chi connectivity index (χ1v) is 16.2. The van der Waals surface area contributed by atoms with E-state index in [4.69, 9.17) is 10.5 Å². The zero-order valence-corrected chi connectivity index (χ0v) is 26.3. The molecular formula is C33H33F4N7OS. The van der Waals surface area contributed by atoms with Crippen LogP contribution in [0.3, 0.4) is 0 Å². The van der Waals surface area contributed by atoms with Gasteiger partial charge in [0, 0.05) is 40.7 Å². The summed E-state index contributed by atoms with van der Waals surface area (Å²) in [5.74, 6) is -2.70. The molecule has 46 heavy (non-hydrogen) atoms. The molecule has 0 saturated heterocycles. The molecule has 0 amide bonds. The molecule has 0 unspecified atom stereocenters. The highest BCUT2D eigenvalue weighted by Crippen LogP contribution is 2.50. The predicted molar refractivity (Wildman–Crippen MR) is 170 cm³/mol. The lowest BCUT2D eigenvalue weighted by atomic mass is 9.74. The molecule has 3 heterocycles. The third-order valence-corrected chi connectivity index (χ3v) is 11.2. The zero-order valence-electron chi connectivity index (χ0n) is 25.5. The minimum absolute atomic E-state index is 0.0160. The first-order valence-electron chi connectivity index (χ1n) is 15.4. The number of aromatic nitrogens is 3. The lowest BCUT2D eigenvalue weighted by Crippen LogP contribution is -2.54. The van der Waals surface area contributed by atoms with Gasteiger partial charge >= 0.3 is 6.01 Å². The van der Waals surface area contributed by atoms with Gasteiger partial charge in [-0.05, 0) is 65.5 Å². The van der Waals surface area contributed by atoms with Gasteiger partial charge in [0.2, 0.25) is 0 Å². The number of fused-ring (bicyclic) bond motifs is 3. The molecule has 0 bridgehead atoms. The van der Waals surface area contributed by atoms with Crippen molar-refractivity contribution < 1.29 is 22.3 Å². The second-order valence-electron chi connectivity index (χ2n) is 12.9. The molecule has 0 aliphatic heterocycles. The fourth-order valence-corrected chi connectivity index (χ4v) is 8.32. The topological polar surface area (TPSA) is 113 Å². The number of hydrogen-bond acceptors (Lipinski definition) is 9. The van der Waals surface area contributed by atoms with Crippen LogP contribution >= 0.6 is 11.3 Å². The van der Waals surface area contributed by atoms with E-state index in [1.807, 2.05) is 26.2 Å². The second-order valence-corrected chi connectivity index (χ2v) is 14.0. The molecule has 3 aromatic heterocycles. The molecule has 2 fully saturated rings. The average molecular weight is 652 g/mol. The van der Waals surface area contributed by atoms with Crippen LogP contribution in [0.1, 0.15) is 56.9 Å². The number of pyridine rings is 1. The van der Waals surface area contributed by atoms with E-state index in [-0.39, 0.29) is 55.3 Å². The summed E-state index contributed by atoms with van der Waals surface area (Å²) in [6.07, 6.45) is 8.70. The molecule has 8 nitrogen and oxygen atoms in total. The van der Waals surface area contributed by atoms with Crippen LogP contribution in [-0.4, -0.2) is 58.8 Å². The van der Waals surface area contributed by atoms with Crippen LogP contribution in [0, 0.1) is 34.2 Å². The Morgan fingerprint density at radius 1 is 1.17 bits per heavy atom. The molecule has 0 spiro atoms. The van der Waals surface area contributed by atoms with Crippen molar-refractivity contribution in [2.45, 2.75) is 63.1 Å². The number of likely N-dealkylation sites (N-methyl/N-ethyl adjacent to an activating group) is 1. The summed E-state index contributed by atoms with van der Waals surface area (Å²) in [5, 5.41) is 13.2. The van der Waals surface area contributed by atoms with E-state index in [0.29, 0.717) is 31.3 Å². The molecule has 240 valence electrons. The maximum atomic E-state index is 16.6. The Labute approximate surface area is 267 Å². The Kier molecular flexibility index (Phi) is 7.55. The van der Waals surface area contributed by atoms with E-state index < -0.39 is 34.7 Å². The monoisotopic (exact) mass is 651 g/mol. The molecular weight excluding hydrogens is 618 g/mol. The smallest absolute Gasteiger partial charge is 0.319 e. The van der Waals surface area contributed by atoms with Crippen LogP contribution in [0.2, 0.25) is 0 Å². The quantitative estimate of drug-likeness (QED) is 0.151. The normalized spacial score (nSPS) is 22.0. The minimum atomic E-state index is -1.09. The van der Waals surface area contributed by atoms with E-state index in [1.54, 1.807) is 0 Å². The van der Waals surface area contributed by atoms with Gasteiger partial charge in [-0.2, -0.15) is 15.2 Å². The summed E-state index contributed by atoms with van der Waals surface area (Å²) in [6, 6.07) is 2.41. The SMILES string of the molecule is CN(C)C1(CNc2nc(OC[C@@]34CCCC3=CC[C@H](F)C4)nc3c(F)c(-c4c(F)cc(F)c5sc(N)c(C#N)c45)ncc23)CCC1. The van der Waals surface area contributed by atoms with Crippen molar-refractivity contribution in [3.63, 3.8) is 0 Å². The van der Waals surface area contributed by atoms with Gasteiger partial charge in [0.25, 0.3) is 0 Å². The molecule has 4 aromatic rings. The number of nitrogens with zero attached hydrogens (tertiary/aromatic N) is 5. The summed E-state index contributed by atoms with van der Waals surface area (Å²) < 4.78 is 67.6. The first-order chi connectivity index (χ1) is 22.1. The summed E-state index contributed by atoms with van der Waals surface area (Å²) in [7, 11) is 4.03. The fourth-order valence-electron chi connectivity index (χ4n) is 7.39. The number of ether oxygens (including phenoxy) is 1. The number of halogens is 4. The Morgan fingerprint density at radius 3 is 2.70 bits per heavy atom. The number of rotatable bonds is 8.